The predicted octanol–water partition coefficient (Wildman–Crippen LogP) is 4.64. The van der Waals surface area contributed by atoms with E-state index in [9.17, 15) is 0 Å². The Morgan fingerprint density at radius 2 is 1.65 bits per heavy atom. The minimum atomic E-state index is 0.327. The summed E-state index contributed by atoms with van der Waals surface area (Å²) in [6, 6.07) is 15.2. The van der Waals surface area contributed by atoms with E-state index in [1.54, 1.807) is 24.4 Å². The van der Waals surface area contributed by atoms with Crippen LogP contribution in [0.25, 0.3) is 11.3 Å². The van der Waals surface area contributed by atoms with Crippen molar-refractivity contribution in [1.82, 2.24) is 9.97 Å². The van der Waals surface area contributed by atoms with Gasteiger partial charge in [0, 0.05) is 27.7 Å². The highest BCUT2D eigenvalue weighted by molar-refractivity contribution is 6.36. The summed E-state index contributed by atoms with van der Waals surface area (Å²) in [6.07, 6.45) is 1.65. The smallest absolute Gasteiger partial charge is 0.169 e. The Labute approximate surface area is 144 Å². The lowest BCUT2D eigenvalue weighted by Gasteiger charge is -2.11. The molecule has 0 aliphatic carbocycles. The third kappa shape index (κ3) is 3.55. The van der Waals surface area contributed by atoms with Gasteiger partial charge in [0.1, 0.15) is 0 Å². The summed E-state index contributed by atoms with van der Waals surface area (Å²) in [5.41, 5.74) is 8.41. The Morgan fingerprint density at radius 3 is 2.35 bits per heavy atom. The van der Waals surface area contributed by atoms with Crippen molar-refractivity contribution in [2.45, 2.75) is 6.54 Å². The van der Waals surface area contributed by atoms with Crippen LogP contribution in [0, 0.1) is 0 Å². The molecule has 0 spiro atoms. The fraction of sp³-hybridized carbons (Fsp3) is 0.0588. The summed E-state index contributed by atoms with van der Waals surface area (Å²) >= 11 is 12.3. The molecule has 0 aliphatic rings. The molecule has 6 heteroatoms. The largest absolute Gasteiger partial charge is 0.381 e. The monoisotopic (exact) mass is 344 g/mol. The number of nitrogens with two attached hydrogens (primary N) is 1. The number of aromatic nitrogens is 2. The summed E-state index contributed by atoms with van der Waals surface area (Å²) in [6.45, 7) is 0.412. The molecule has 0 aliphatic heterocycles. The molecule has 3 aromatic rings. The second-order valence-corrected chi connectivity index (χ2v) is 5.72. The van der Waals surface area contributed by atoms with Gasteiger partial charge in [0.25, 0.3) is 0 Å². The van der Waals surface area contributed by atoms with Crippen LogP contribution < -0.4 is 11.1 Å². The first-order chi connectivity index (χ1) is 11.1. The average Bonchev–Trinajstić information content (AvgIpc) is 2.57. The Balaban J connectivity index is 1.86. The molecule has 0 amide bonds. The lowest BCUT2D eigenvalue weighted by Crippen LogP contribution is -2.07. The zero-order valence-corrected chi connectivity index (χ0v) is 13.6. The molecule has 0 bridgehead atoms. The standard InChI is InChI=1S/C17H14Cl2N4/c18-13-7-4-8-14(19)12(13)9-22-17-16(20)21-10-15(23-17)11-5-2-1-3-6-11/h1-8,10H,9H2,(H2,20,21)(H,22,23). The van der Waals surface area contributed by atoms with Crippen LogP contribution in [0.1, 0.15) is 5.56 Å². The minimum absolute atomic E-state index is 0.327. The molecular weight excluding hydrogens is 331 g/mol. The highest BCUT2D eigenvalue weighted by Gasteiger charge is 2.09. The van der Waals surface area contributed by atoms with Crippen LogP contribution in [-0.2, 0) is 6.54 Å². The summed E-state index contributed by atoms with van der Waals surface area (Å²) in [4.78, 5) is 8.73. The molecule has 0 saturated heterocycles. The van der Waals surface area contributed by atoms with Gasteiger partial charge in [0.15, 0.2) is 11.6 Å². The van der Waals surface area contributed by atoms with Gasteiger partial charge in [-0.1, -0.05) is 59.6 Å². The first kappa shape index (κ1) is 15.6. The van der Waals surface area contributed by atoms with E-state index < -0.39 is 0 Å². The van der Waals surface area contributed by atoms with E-state index >= 15 is 0 Å². The highest BCUT2D eigenvalue weighted by atomic mass is 35.5. The molecule has 0 atom stereocenters. The number of nitrogens with one attached hydrogen (secondary N) is 1. The number of nitrogens with zero attached hydrogens (tertiary/aromatic N) is 2. The van der Waals surface area contributed by atoms with Gasteiger partial charge >= 0.3 is 0 Å². The SMILES string of the molecule is Nc1ncc(-c2ccccc2)nc1NCc1c(Cl)cccc1Cl. The van der Waals surface area contributed by atoms with Crippen LogP contribution in [-0.4, -0.2) is 9.97 Å². The van der Waals surface area contributed by atoms with Crippen molar-refractivity contribution in [3.05, 3.63) is 70.3 Å². The Hall–Kier alpha value is -2.30. The zero-order valence-electron chi connectivity index (χ0n) is 12.1. The van der Waals surface area contributed by atoms with Gasteiger partial charge in [-0.3, -0.25) is 0 Å². The van der Waals surface area contributed by atoms with E-state index in [0.29, 0.717) is 28.2 Å². The number of hydrogen-bond acceptors (Lipinski definition) is 4. The van der Waals surface area contributed by atoms with Crippen molar-refractivity contribution < 1.29 is 0 Å². The maximum atomic E-state index is 6.17. The lowest BCUT2D eigenvalue weighted by molar-refractivity contribution is 1.09. The predicted molar refractivity (Wildman–Crippen MR) is 95.7 cm³/mol. The van der Waals surface area contributed by atoms with Gasteiger partial charge in [0.05, 0.1) is 11.9 Å². The van der Waals surface area contributed by atoms with E-state index in [1.165, 1.54) is 0 Å². The second-order valence-electron chi connectivity index (χ2n) is 4.91. The number of hydrogen-bond donors (Lipinski definition) is 2. The summed E-state index contributed by atoms with van der Waals surface area (Å²) in [5, 5.41) is 4.34. The molecule has 0 saturated carbocycles. The summed E-state index contributed by atoms with van der Waals surface area (Å²) in [5.74, 6) is 0.829. The first-order valence-electron chi connectivity index (χ1n) is 7.00. The Bertz CT molecular complexity index is 802. The van der Waals surface area contributed by atoms with Crippen LogP contribution in [0.5, 0.6) is 0 Å². The van der Waals surface area contributed by atoms with Crippen LogP contribution >= 0.6 is 23.2 Å². The number of halogens is 2. The van der Waals surface area contributed by atoms with E-state index in [0.717, 1.165) is 16.8 Å². The van der Waals surface area contributed by atoms with Crippen molar-refractivity contribution >= 4 is 34.8 Å². The molecule has 2 aromatic carbocycles. The molecule has 23 heavy (non-hydrogen) atoms. The van der Waals surface area contributed by atoms with Crippen LogP contribution in [0.2, 0.25) is 10.0 Å². The van der Waals surface area contributed by atoms with Crippen molar-refractivity contribution in [3.8, 4) is 11.3 Å². The van der Waals surface area contributed by atoms with Gasteiger partial charge in [-0.25, -0.2) is 9.97 Å². The minimum Gasteiger partial charge on any atom is -0.381 e. The number of rotatable bonds is 4. The third-order valence-corrected chi connectivity index (χ3v) is 4.07. The average molecular weight is 345 g/mol. The van der Waals surface area contributed by atoms with E-state index in [-0.39, 0.29) is 0 Å². The maximum absolute atomic E-state index is 6.17. The number of anilines is 2. The molecule has 3 N–H and O–H groups in total. The van der Waals surface area contributed by atoms with Gasteiger partial charge in [-0.2, -0.15) is 0 Å². The van der Waals surface area contributed by atoms with Crippen molar-refractivity contribution in [3.63, 3.8) is 0 Å². The molecule has 4 nitrogen and oxygen atoms in total. The van der Waals surface area contributed by atoms with Crippen molar-refractivity contribution in [2.24, 2.45) is 0 Å². The molecule has 0 unspecified atom stereocenters. The second kappa shape index (κ2) is 6.86. The molecule has 0 fully saturated rings. The highest BCUT2D eigenvalue weighted by Crippen LogP contribution is 2.26. The Kier molecular flexibility index (Phi) is 4.65. The first-order valence-corrected chi connectivity index (χ1v) is 7.75. The van der Waals surface area contributed by atoms with E-state index in [1.807, 2.05) is 30.3 Å². The molecule has 3 rings (SSSR count). The molecule has 1 aromatic heterocycles. The normalized spacial score (nSPS) is 10.5. The summed E-state index contributed by atoms with van der Waals surface area (Å²) in [7, 11) is 0. The zero-order chi connectivity index (χ0) is 16.2. The molecule has 116 valence electrons. The number of benzene rings is 2. The maximum Gasteiger partial charge on any atom is 0.169 e. The topological polar surface area (TPSA) is 63.8 Å². The van der Waals surface area contributed by atoms with Crippen molar-refractivity contribution in [1.29, 1.82) is 0 Å². The van der Waals surface area contributed by atoms with Crippen LogP contribution in [0.4, 0.5) is 11.6 Å². The third-order valence-electron chi connectivity index (χ3n) is 3.36. The van der Waals surface area contributed by atoms with E-state index in [2.05, 4.69) is 15.3 Å². The van der Waals surface area contributed by atoms with Crippen LogP contribution in [0.15, 0.2) is 54.7 Å². The number of nitrogen functional groups attached to an aromatic ring is 1. The Morgan fingerprint density at radius 1 is 0.957 bits per heavy atom. The fourth-order valence-electron chi connectivity index (χ4n) is 2.15. The van der Waals surface area contributed by atoms with E-state index in [4.69, 9.17) is 28.9 Å². The van der Waals surface area contributed by atoms with Gasteiger partial charge in [-0.05, 0) is 12.1 Å². The van der Waals surface area contributed by atoms with Gasteiger partial charge in [0.2, 0.25) is 0 Å². The van der Waals surface area contributed by atoms with Crippen LogP contribution in [0.3, 0.4) is 0 Å². The molecular formula is C17H14Cl2N4. The fourth-order valence-corrected chi connectivity index (χ4v) is 2.68. The quantitative estimate of drug-likeness (QED) is 0.723. The van der Waals surface area contributed by atoms with Gasteiger partial charge in [-0.15, -0.1) is 0 Å². The van der Waals surface area contributed by atoms with Crippen molar-refractivity contribution in [2.75, 3.05) is 11.1 Å². The lowest BCUT2D eigenvalue weighted by atomic mass is 10.2. The summed E-state index contributed by atoms with van der Waals surface area (Å²) < 4.78 is 0. The van der Waals surface area contributed by atoms with Gasteiger partial charge < -0.3 is 11.1 Å². The molecule has 0 radical (unpaired) electrons. The molecule has 1 heterocycles.